The third-order valence-electron chi connectivity index (χ3n) is 19.7. The van der Waals surface area contributed by atoms with Crippen LogP contribution >= 0.6 is 0 Å². The fraction of sp³-hybridized carbons (Fsp3) is 0.866. The summed E-state index contributed by atoms with van der Waals surface area (Å²) >= 11 is 0. The maximum absolute atomic E-state index is 13.4. The van der Waals surface area contributed by atoms with E-state index in [1.165, 1.54) is 250 Å². The van der Waals surface area contributed by atoms with E-state index in [-0.39, 0.29) is 12.5 Å². The molecule has 2 saturated heterocycles. The monoisotopic (exact) mass is 1360 g/mol. The predicted octanol–water partition coefficient (Wildman–Crippen LogP) is 18.4. The van der Waals surface area contributed by atoms with E-state index in [2.05, 4.69) is 79.9 Å². The maximum atomic E-state index is 13.4. The molecule has 0 radical (unpaired) electrons. The fourth-order valence-corrected chi connectivity index (χ4v) is 13.4. The minimum Gasteiger partial charge on any atom is -0.394 e. The summed E-state index contributed by atoms with van der Waals surface area (Å²) in [6.45, 7) is 2.81. The Labute approximate surface area is 587 Å². The van der Waals surface area contributed by atoms with E-state index < -0.39 is 86.8 Å². The van der Waals surface area contributed by atoms with Gasteiger partial charge >= 0.3 is 0 Å². The molecule has 1 amide bonds. The summed E-state index contributed by atoms with van der Waals surface area (Å²) in [7, 11) is 0. The van der Waals surface area contributed by atoms with Crippen molar-refractivity contribution in [1.29, 1.82) is 0 Å². The topological polar surface area (TPSA) is 228 Å². The second-order valence-corrected chi connectivity index (χ2v) is 28.5. The highest BCUT2D eigenvalue weighted by Gasteiger charge is 2.51. The molecular weight excluding hydrogens is 1210 g/mol. The summed E-state index contributed by atoms with van der Waals surface area (Å²) in [5, 5.41) is 87.9. The van der Waals surface area contributed by atoms with Crippen LogP contribution in [0.4, 0.5) is 0 Å². The Morgan fingerprint density at radius 3 is 1.10 bits per heavy atom. The minimum atomic E-state index is -1.78. The molecule has 96 heavy (non-hydrogen) atoms. The van der Waals surface area contributed by atoms with Crippen LogP contribution in [-0.2, 0) is 23.7 Å². The van der Waals surface area contributed by atoms with Crippen molar-refractivity contribution >= 4 is 5.91 Å². The summed E-state index contributed by atoms with van der Waals surface area (Å²) in [6.07, 6.45) is 72.6. The number of unbranched alkanes of at least 4 members (excludes halogenated alkanes) is 45. The van der Waals surface area contributed by atoms with Gasteiger partial charge in [-0.3, -0.25) is 4.79 Å². The zero-order chi connectivity index (χ0) is 69.4. The van der Waals surface area contributed by atoms with Crippen molar-refractivity contribution in [2.45, 2.75) is 434 Å². The molecule has 2 rings (SSSR count). The number of carbonyl (C=O) groups excluding carboxylic acids is 1. The van der Waals surface area contributed by atoms with E-state index in [9.17, 15) is 45.6 Å². The first-order chi connectivity index (χ1) is 47.1. The molecule has 12 atom stereocenters. The van der Waals surface area contributed by atoms with Gasteiger partial charge in [0.15, 0.2) is 12.6 Å². The summed E-state index contributed by atoms with van der Waals surface area (Å²) in [5.74, 6) is -0.200. The molecule has 0 aliphatic carbocycles. The molecule has 2 aliphatic rings. The maximum Gasteiger partial charge on any atom is 0.220 e. The first-order valence-electron chi connectivity index (χ1n) is 40.5. The zero-order valence-corrected chi connectivity index (χ0v) is 61.6. The number of hydrogen-bond donors (Lipinski definition) is 9. The van der Waals surface area contributed by atoms with Crippen LogP contribution in [0.2, 0.25) is 0 Å². The van der Waals surface area contributed by atoms with Crippen molar-refractivity contribution in [3.05, 3.63) is 60.8 Å². The Morgan fingerprint density at radius 2 is 0.719 bits per heavy atom. The van der Waals surface area contributed by atoms with Crippen molar-refractivity contribution < 1.29 is 64.6 Å². The van der Waals surface area contributed by atoms with Gasteiger partial charge < -0.3 is 65.1 Å². The molecule has 9 N–H and O–H groups in total. The second-order valence-electron chi connectivity index (χ2n) is 28.5. The van der Waals surface area contributed by atoms with Crippen LogP contribution in [-0.4, -0.2) is 140 Å². The lowest BCUT2D eigenvalue weighted by Gasteiger charge is -2.46. The quantitative estimate of drug-likeness (QED) is 0.0204. The number of allylic oxidation sites excluding steroid dienone is 10. The van der Waals surface area contributed by atoms with Crippen molar-refractivity contribution in [2.75, 3.05) is 19.8 Å². The molecule has 12 unspecified atom stereocenters. The SMILES string of the molecule is CC/C=C\C/C=C\C/C=C\C/C=C\C/C=C\CCCCCCCCCCCCCCCCCCCCCC(=O)NC(COC1OC(CO)C(OC2OC(CO)C(O)C(O)C2O)C(O)C1O)C(O)CCCCCCCCCCCCCCCCCCCCCCCCCCCCC. The lowest BCUT2D eigenvalue weighted by Crippen LogP contribution is -2.65. The molecule has 14 heteroatoms. The lowest BCUT2D eigenvalue weighted by molar-refractivity contribution is -0.359. The van der Waals surface area contributed by atoms with E-state index in [4.69, 9.17) is 18.9 Å². The van der Waals surface area contributed by atoms with Crippen molar-refractivity contribution in [3.63, 3.8) is 0 Å². The largest absolute Gasteiger partial charge is 0.394 e. The number of nitrogens with one attached hydrogen (secondary N) is 1. The van der Waals surface area contributed by atoms with Crippen LogP contribution < -0.4 is 5.32 Å². The first kappa shape index (κ1) is 89.8. The summed E-state index contributed by atoms with van der Waals surface area (Å²) in [5.41, 5.74) is 0. The second kappa shape index (κ2) is 66.0. The van der Waals surface area contributed by atoms with Crippen LogP contribution in [0.5, 0.6) is 0 Å². The van der Waals surface area contributed by atoms with E-state index in [1.54, 1.807) is 0 Å². The molecule has 2 fully saturated rings. The fourth-order valence-electron chi connectivity index (χ4n) is 13.4. The van der Waals surface area contributed by atoms with Crippen LogP contribution in [0.1, 0.15) is 361 Å². The Balaban J connectivity index is 1.59. The van der Waals surface area contributed by atoms with Gasteiger partial charge in [0, 0.05) is 6.42 Å². The highest BCUT2D eigenvalue weighted by molar-refractivity contribution is 5.76. The van der Waals surface area contributed by atoms with Crippen molar-refractivity contribution in [3.8, 4) is 0 Å². The van der Waals surface area contributed by atoms with Gasteiger partial charge in [0.05, 0.1) is 32.0 Å². The Morgan fingerprint density at radius 1 is 0.385 bits per heavy atom. The van der Waals surface area contributed by atoms with Gasteiger partial charge in [-0.25, -0.2) is 0 Å². The van der Waals surface area contributed by atoms with Gasteiger partial charge in [-0.05, 0) is 57.8 Å². The van der Waals surface area contributed by atoms with E-state index >= 15 is 0 Å². The third kappa shape index (κ3) is 48.5. The van der Waals surface area contributed by atoms with Gasteiger partial charge in [-0.1, -0.05) is 357 Å². The highest BCUT2D eigenvalue weighted by Crippen LogP contribution is 2.30. The molecule has 0 aromatic carbocycles. The van der Waals surface area contributed by atoms with Gasteiger partial charge in [0.25, 0.3) is 0 Å². The number of amides is 1. The number of aliphatic hydroxyl groups is 8. The number of aliphatic hydroxyl groups excluding tert-OH is 8. The average Bonchev–Trinajstić information content (AvgIpc) is 0.797. The molecule has 0 bridgehead atoms. The Hall–Kier alpha value is -2.31. The van der Waals surface area contributed by atoms with Gasteiger partial charge in [-0.15, -0.1) is 0 Å². The molecule has 0 aromatic heterocycles. The van der Waals surface area contributed by atoms with Gasteiger partial charge in [-0.2, -0.15) is 0 Å². The van der Waals surface area contributed by atoms with Crippen LogP contribution in [0.25, 0.3) is 0 Å². The van der Waals surface area contributed by atoms with E-state index in [1.807, 2.05) is 0 Å². The average molecular weight is 1360 g/mol. The van der Waals surface area contributed by atoms with Gasteiger partial charge in [0.2, 0.25) is 5.91 Å². The normalized spacial score (nSPS) is 22.5. The van der Waals surface area contributed by atoms with Gasteiger partial charge in [0.1, 0.15) is 48.8 Å². The molecule has 0 aromatic rings. The molecule has 0 spiro atoms. The van der Waals surface area contributed by atoms with Crippen molar-refractivity contribution in [1.82, 2.24) is 5.32 Å². The number of hydrogen-bond acceptors (Lipinski definition) is 13. The van der Waals surface area contributed by atoms with E-state index in [0.29, 0.717) is 12.8 Å². The van der Waals surface area contributed by atoms with Crippen LogP contribution in [0.3, 0.4) is 0 Å². The molecule has 2 aliphatic heterocycles. The highest BCUT2D eigenvalue weighted by atomic mass is 16.7. The van der Waals surface area contributed by atoms with Crippen LogP contribution in [0.15, 0.2) is 60.8 Å². The predicted molar refractivity (Wildman–Crippen MR) is 397 cm³/mol. The molecule has 14 nitrogen and oxygen atoms in total. The molecule has 0 saturated carbocycles. The number of rotatable bonds is 68. The smallest absolute Gasteiger partial charge is 0.220 e. The minimum absolute atomic E-state index is 0.200. The molecular formula is C82H151NO13. The van der Waals surface area contributed by atoms with Crippen molar-refractivity contribution in [2.24, 2.45) is 0 Å². The Bertz CT molecular complexity index is 1840. The van der Waals surface area contributed by atoms with Crippen LogP contribution in [0, 0.1) is 0 Å². The summed E-state index contributed by atoms with van der Waals surface area (Å²) < 4.78 is 23.0. The summed E-state index contributed by atoms with van der Waals surface area (Å²) in [4.78, 5) is 13.4. The molecule has 562 valence electrons. The summed E-state index contributed by atoms with van der Waals surface area (Å²) in [6, 6.07) is -0.831. The zero-order valence-electron chi connectivity index (χ0n) is 61.6. The Kier molecular flexibility index (Phi) is 61.7. The first-order valence-corrected chi connectivity index (χ1v) is 40.5. The molecule has 2 heterocycles. The lowest BCUT2D eigenvalue weighted by atomic mass is 9.97. The third-order valence-corrected chi connectivity index (χ3v) is 19.7. The standard InChI is InChI=1S/C82H151NO13/c1-3-5-7-9-11-13-15-17-19-21-23-25-27-29-31-32-33-34-35-36-37-38-40-42-44-46-48-50-52-54-56-58-60-62-64-66-74(87)83-70(69-93-81-79(92)77(90)80(73(68-85)95-81)96-82-78(91)76(89)75(88)72(67-84)94-82)71(86)65-63-61-59-57-55-53-51-49-47-45-43-41-39-30-28-26-24-22-20-18-16-14-12-10-8-6-4-2/h5,7,11,13,17,19,23,25,29,31,70-73,75-82,84-86,88-92H,3-4,6,8-10,12,14-16,18,20-22,24,26-28,30,32-69H2,1-2H3,(H,83,87)/b7-5-,13-11-,19-17-,25-23-,31-29-. The van der Waals surface area contributed by atoms with E-state index in [0.717, 1.165) is 83.5 Å². The number of ether oxygens (including phenoxy) is 4. The number of carbonyl (C=O) groups is 1.